The van der Waals surface area contributed by atoms with Crippen molar-refractivity contribution >= 4 is 23.8 Å². The van der Waals surface area contributed by atoms with E-state index in [1.165, 1.54) is 7.11 Å². The predicted molar refractivity (Wildman–Crippen MR) is 94.0 cm³/mol. The lowest BCUT2D eigenvalue weighted by Crippen LogP contribution is -2.54. The van der Waals surface area contributed by atoms with Crippen LogP contribution in [0.25, 0.3) is 0 Å². The van der Waals surface area contributed by atoms with E-state index in [4.69, 9.17) is 4.74 Å². The molecule has 2 rings (SSSR count). The Balaban J connectivity index is 2.07. The molecule has 26 heavy (non-hydrogen) atoms. The van der Waals surface area contributed by atoms with E-state index < -0.39 is 36.0 Å². The molecule has 0 radical (unpaired) electrons. The van der Waals surface area contributed by atoms with E-state index in [2.05, 4.69) is 10.6 Å². The molecule has 146 valence electrons. The van der Waals surface area contributed by atoms with Crippen molar-refractivity contribution in [3.8, 4) is 0 Å². The fraction of sp³-hybridized carbons (Fsp3) is 0.778. The fourth-order valence-corrected chi connectivity index (χ4v) is 3.80. The lowest BCUT2D eigenvalue weighted by molar-refractivity contribution is -0.146. The van der Waals surface area contributed by atoms with Gasteiger partial charge >= 0.3 is 12.0 Å². The Kier molecular flexibility index (Phi) is 6.26. The van der Waals surface area contributed by atoms with Gasteiger partial charge in [0.1, 0.15) is 18.1 Å². The van der Waals surface area contributed by atoms with Crippen LogP contribution in [0, 0.1) is 11.8 Å². The molecule has 0 aromatic rings. The van der Waals surface area contributed by atoms with Crippen LogP contribution in [0.1, 0.15) is 52.9 Å². The highest BCUT2D eigenvalue weighted by Crippen LogP contribution is 2.38. The molecule has 8 heteroatoms. The van der Waals surface area contributed by atoms with Crippen LogP contribution in [0.5, 0.6) is 0 Å². The second-order valence-corrected chi connectivity index (χ2v) is 7.39. The number of nitrogens with one attached hydrogen (secondary N) is 2. The second kappa shape index (κ2) is 8.05. The van der Waals surface area contributed by atoms with E-state index in [9.17, 15) is 19.2 Å². The SMILES string of the molecule is CC[C@@H](C)[C@@H](NC(=O)CN1C(=O)N[C@]2(CCCC[C@@H]2C)C1=O)C(=O)OC. The number of urea groups is 1. The first kappa shape index (κ1) is 20.2. The lowest BCUT2D eigenvalue weighted by Gasteiger charge is -2.36. The molecule has 1 heterocycles. The molecule has 0 aromatic heterocycles. The highest BCUT2D eigenvalue weighted by atomic mass is 16.5. The van der Waals surface area contributed by atoms with Gasteiger partial charge in [0, 0.05) is 0 Å². The predicted octanol–water partition coefficient (Wildman–Crippen LogP) is 1.19. The summed E-state index contributed by atoms with van der Waals surface area (Å²) < 4.78 is 4.74. The summed E-state index contributed by atoms with van der Waals surface area (Å²) in [6.45, 7) is 5.28. The van der Waals surface area contributed by atoms with Crippen LogP contribution in [0.15, 0.2) is 0 Å². The Labute approximate surface area is 154 Å². The minimum atomic E-state index is -0.895. The number of imide groups is 1. The number of hydrogen-bond acceptors (Lipinski definition) is 5. The first-order valence-corrected chi connectivity index (χ1v) is 9.28. The number of carbonyl (C=O) groups is 4. The minimum Gasteiger partial charge on any atom is -0.467 e. The van der Waals surface area contributed by atoms with Gasteiger partial charge in [0.05, 0.1) is 7.11 Å². The molecule has 1 saturated carbocycles. The molecule has 1 aliphatic heterocycles. The summed E-state index contributed by atoms with van der Waals surface area (Å²) in [4.78, 5) is 50.5. The third kappa shape index (κ3) is 3.68. The van der Waals surface area contributed by atoms with Crippen LogP contribution >= 0.6 is 0 Å². The topological polar surface area (TPSA) is 105 Å². The van der Waals surface area contributed by atoms with Gasteiger partial charge in [-0.05, 0) is 24.7 Å². The second-order valence-electron chi connectivity index (χ2n) is 7.39. The lowest BCUT2D eigenvalue weighted by atomic mass is 9.73. The average Bonchev–Trinajstić information content (AvgIpc) is 2.86. The largest absolute Gasteiger partial charge is 0.467 e. The van der Waals surface area contributed by atoms with Gasteiger partial charge in [-0.3, -0.25) is 14.5 Å². The monoisotopic (exact) mass is 367 g/mol. The van der Waals surface area contributed by atoms with Crippen molar-refractivity contribution in [2.75, 3.05) is 13.7 Å². The van der Waals surface area contributed by atoms with Crippen LogP contribution in [-0.2, 0) is 19.1 Å². The molecule has 8 nitrogen and oxygen atoms in total. The molecule has 4 atom stereocenters. The Morgan fingerprint density at radius 3 is 2.65 bits per heavy atom. The minimum absolute atomic E-state index is 0.0312. The zero-order valence-corrected chi connectivity index (χ0v) is 16.0. The van der Waals surface area contributed by atoms with E-state index in [0.29, 0.717) is 12.8 Å². The number of esters is 1. The van der Waals surface area contributed by atoms with Gasteiger partial charge in [0.2, 0.25) is 5.91 Å². The molecule has 0 unspecified atom stereocenters. The van der Waals surface area contributed by atoms with Gasteiger partial charge in [-0.25, -0.2) is 9.59 Å². The molecule has 1 aliphatic carbocycles. The molecule has 1 spiro atoms. The number of methoxy groups -OCH3 is 1. The van der Waals surface area contributed by atoms with Gasteiger partial charge in [0.25, 0.3) is 5.91 Å². The molecule has 2 aliphatic rings. The summed E-state index contributed by atoms with van der Waals surface area (Å²) in [6.07, 6.45) is 4.03. The summed E-state index contributed by atoms with van der Waals surface area (Å²) in [5.74, 6) is -1.53. The third-order valence-corrected chi connectivity index (χ3v) is 5.79. The molecule has 1 saturated heterocycles. The van der Waals surface area contributed by atoms with Crippen molar-refractivity contribution in [2.45, 2.75) is 64.5 Å². The first-order chi connectivity index (χ1) is 12.3. The number of ether oxygens (including phenoxy) is 1. The maximum atomic E-state index is 12.9. The van der Waals surface area contributed by atoms with E-state index in [-0.39, 0.29) is 17.7 Å². The highest BCUT2D eigenvalue weighted by molar-refractivity contribution is 6.09. The zero-order valence-electron chi connectivity index (χ0n) is 16.0. The average molecular weight is 367 g/mol. The Morgan fingerprint density at radius 1 is 1.38 bits per heavy atom. The van der Waals surface area contributed by atoms with Gasteiger partial charge in [-0.2, -0.15) is 0 Å². The zero-order chi connectivity index (χ0) is 19.5. The van der Waals surface area contributed by atoms with Crippen molar-refractivity contribution in [3.05, 3.63) is 0 Å². The third-order valence-electron chi connectivity index (χ3n) is 5.79. The van der Waals surface area contributed by atoms with Crippen molar-refractivity contribution < 1.29 is 23.9 Å². The molecular formula is C18H29N3O5. The number of nitrogens with zero attached hydrogens (tertiary/aromatic N) is 1. The maximum Gasteiger partial charge on any atom is 0.328 e. The normalized spacial score (nSPS) is 27.8. The summed E-state index contributed by atoms with van der Waals surface area (Å²) in [5, 5.41) is 5.41. The van der Waals surface area contributed by atoms with E-state index >= 15 is 0 Å². The maximum absolute atomic E-state index is 12.9. The van der Waals surface area contributed by atoms with Gasteiger partial charge in [-0.15, -0.1) is 0 Å². The Morgan fingerprint density at radius 2 is 2.08 bits per heavy atom. The van der Waals surface area contributed by atoms with Crippen molar-refractivity contribution in [3.63, 3.8) is 0 Å². The number of carbonyl (C=O) groups excluding carboxylic acids is 4. The standard InChI is InChI=1S/C18H29N3O5/c1-5-11(2)14(15(23)26-4)19-13(22)10-21-16(24)18(20-17(21)25)9-7-6-8-12(18)3/h11-12,14H,5-10H2,1-4H3,(H,19,22)(H,20,25)/t11-,12+,14-,18+/m1/s1. The summed E-state index contributed by atoms with van der Waals surface area (Å²) in [6, 6.07) is -1.35. The van der Waals surface area contributed by atoms with Crippen molar-refractivity contribution in [1.29, 1.82) is 0 Å². The van der Waals surface area contributed by atoms with E-state index in [1.807, 2.05) is 20.8 Å². The fourth-order valence-electron chi connectivity index (χ4n) is 3.80. The van der Waals surface area contributed by atoms with Crippen molar-refractivity contribution in [2.24, 2.45) is 11.8 Å². The summed E-state index contributed by atoms with van der Waals surface area (Å²) in [7, 11) is 1.26. The van der Waals surface area contributed by atoms with Crippen LogP contribution in [0.2, 0.25) is 0 Å². The number of rotatable bonds is 6. The van der Waals surface area contributed by atoms with Crippen LogP contribution in [0.3, 0.4) is 0 Å². The molecule has 0 aromatic carbocycles. The smallest absolute Gasteiger partial charge is 0.328 e. The number of amides is 4. The van der Waals surface area contributed by atoms with Gasteiger partial charge < -0.3 is 15.4 Å². The molecule has 4 amide bonds. The first-order valence-electron chi connectivity index (χ1n) is 9.28. The molecule has 0 bridgehead atoms. The van der Waals surface area contributed by atoms with E-state index in [1.54, 1.807) is 0 Å². The summed E-state index contributed by atoms with van der Waals surface area (Å²) >= 11 is 0. The molecule has 2 N–H and O–H groups in total. The molecular weight excluding hydrogens is 338 g/mol. The van der Waals surface area contributed by atoms with Crippen LogP contribution in [0.4, 0.5) is 4.79 Å². The highest BCUT2D eigenvalue weighted by Gasteiger charge is 2.55. The van der Waals surface area contributed by atoms with Crippen molar-refractivity contribution in [1.82, 2.24) is 15.5 Å². The molecule has 2 fully saturated rings. The van der Waals surface area contributed by atoms with E-state index in [0.717, 1.165) is 24.2 Å². The Hall–Kier alpha value is -2.12. The van der Waals surface area contributed by atoms with Gasteiger partial charge in [-0.1, -0.05) is 40.0 Å². The quantitative estimate of drug-likeness (QED) is 0.542. The van der Waals surface area contributed by atoms with Gasteiger partial charge in [0.15, 0.2) is 0 Å². The Bertz CT molecular complexity index is 593. The summed E-state index contributed by atoms with van der Waals surface area (Å²) in [5.41, 5.74) is -0.895. The number of hydrogen-bond donors (Lipinski definition) is 2. The van der Waals surface area contributed by atoms with Crippen LogP contribution < -0.4 is 10.6 Å². The van der Waals surface area contributed by atoms with Crippen LogP contribution in [-0.4, -0.2) is 54.0 Å².